The number of hydrogen-bond donors (Lipinski definition) is 0. The number of nitrogens with zero attached hydrogens (tertiary/aromatic N) is 1. The maximum absolute atomic E-state index is 4.87. The van der Waals surface area contributed by atoms with Crippen molar-refractivity contribution in [2.45, 2.75) is 33.1 Å². The Morgan fingerprint density at radius 1 is 0.745 bits per heavy atom. The SMILES string of the molecule is CC=C1CCCC1=CC(/C=C/c1ccc(-c2ccc(/C=C/C)s2)nc1)=C([C]#[Os])[P+](c1ccccc1)(c1ccccc1)c1ccccc1. The molecule has 0 spiro atoms. The predicted octanol–water partition coefficient (Wildman–Crippen LogP) is 10.7. The van der Waals surface area contributed by atoms with Gasteiger partial charge in [0.25, 0.3) is 0 Å². The summed E-state index contributed by atoms with van der Waals surface area (Å²) in [6.07, 6.45) is 18.9. The Hall–Kier alpha value is -3.94. The second kappa shape index (κ2) is 15.8. The number of pyridine rings is 1. The topological polar surface area (TPSA) is 12.9 Å². The van der Waals surface area contributed by atoms with E-state index in [0.717, 1.165) is 24.1 Å². The van der Waals surface area contributed by atoms with Crippen molar-refractivity contribution in [2.24, 2.45) is 0 Å². The average molecular weight is 822 g/mol. The first-order valence-electron chi connectivity index (χ1n) is 16.1. The fourth-order valence-corrected chi connectivity index (χ4v) is 13.1. The van der Waals surface area contributed by atoms with E-state index in [-0.39, 0.29) is 0 Å². The number of rotatable bonds is 9. The number of hydrogen-bond acceptors (Lipinski definition) is 2. The van der Waals surface area contributed by atoms with Crippen LogP contribution in [0.2, 0.25) is 0 Å². The zero-order valence-electron chi connectivity index (χ0n) is 26.8. The third-order valence-electron chi connectivity index (χ3n) is 8.56. The molecule has 4 heteroatoms. The fourth-order valence-electron chi connectivity index (χ4n) is 6.34. The van der Waals surface area contributed by atoms with Crippen molar-refractivity contribution < 1.29 is 17.9 Å². The van der Waals surface area contributed by atoms with E-state index in [0.29, 0.717) is 0 Å². The van der Waals surface area contributed by atoms with Gasteiger partial charge in [-0.15, -0.1) is 0 Å². The molecule has 0 bridgehead atoms. The molecule has 1 nitrogen and oxygen atoms in total. The second-order valence-corrected chi connectivity index (χ2v) is 16.5. The number of allylic oxidation sites excluding steroid dienone is 8. The quantitative estimate of drug-likeness (QED) is 0.107. The van der Waals surface area contributed by atoms with Gasteiger partial charge in [-0.25, -0.2) is 0 Å². The summed E-state index contributed by atoms with van der Waals surface area (Å²) >= 11 is 3.60. The monoisotopic (exact) mass is 823 g/mol. The Bertz CT molecular complexity index is 1910. The number of benzene rings is 3. The van der Waals surface area contributed by atoms with Crippen LogP contribution in [0.1, 0.15) is 43.6 Å². The number of thiophene rings is 1. The van der Waals surface area contributed by atoms with E-state index in [2.05, 4.69) is 170 Å². The number of aromatic nitrogens is 1. The second-order valence-electron chi connectivity index (χ2n) is 11.4. The zero-order valence-corrected chi connectivity index (χ0v) is 31.0. The summed E-state index contributed by atoms with van der Waals surface area (Å²) in [5.41, 5.74) is 6.17. The third kappa shape index (κ3) is 7.16. The summed E-state index contributed by atoms with van der Waals surface area (Å²) in [4.78, 5) is 7.30. The van der Waals surface area contributed by atoms with Gasteiger partial charge in [-0.05, 0) is 13.0 Å². The molecule has 0 atom stereocenters. The molecule has 1 aliphatic rings. The molecule has 0 unspecified atom stereocenters. The Balaban J connectivity index is 1.57. The van der Waals surface area contributed by atoms with Gasteiger partial charge in [-0.1, -0.05) is 6.08 Å². The normalized spacial score (nSPS) is 15.9. The predicted molar refractivity (Wildman–Crippen MR) is 203 cm³/mol. The Morgan fingerprint density at radius 3 is 1.89 bits per heavy atom. The van der Waals surface area contributed by atoms with Crippen molar-refractivity contribution in [2.75, 3.05) is 0 Å². The molecule has 2 heterocycles. The Morgan fingerprint density at radius 2 is 1.36 bits per heavy atom. The zero-order chi connectivity index (χ0) is 32.5. The molecular weight excluding hydrogens is 784 g/mol. The van der Waals surface area contributed by atoms with Crippen molar-refractivity contribution in [1.82, 2.24) is 4.98 Å². The van der Waals surface area contributed by atoms with Crippen LogP contribution in [0.25, 0.3) is 22.7 Å². The molecule has 3 aromatic carbocycles. The molecule has 47 heavy (non-hydrogen) atoms. The molecule has 6 rings (SSSR count). The maximum atomic E-state index is 4.87. The van der Waals surface area contributed by atoms with E-state index in [4.69, 9.17) is 4.98 Å². The van der Waals surface area contributed by atoms with Crippen molar-refractivity contribution in [1.29, 1.82) is 0 Å². The van der Waals surface area contributed by atoms with Crippen molar-refractivity contribution >= 4 is 46.7 Å². The molecule has 1 fully saturated rings. The molecule has 0 amide bonds. The fraction of sp³-hybridized carbons (Fsp3) is 0.116. The van der Waals surface area contributed by atoms with Gasteiger partial charge in [0.15, 0.2) is 0 Å². The first kappa shape index (κ1) is 33.0. The van der Waals surface area contributed by atoms with Gasteiger partial charge in [0.2, 0.25) is 0 Å². The molecule has 0 saturated heterocycles. The van der Waals surface area contributed by atoms with Gasteiger partial charge >= 0.3 is 277 Å². The van der Waals surface area contributed by atoms with Crippen molar-refractivity contribution in [3.05, 3.63) is 178 Å². The summed E-state index contributed by atoms with van der Waals surface area (Å²) in [7, 11) is -2.34. The molecule has 0 aliphatic heterocycles. The Kier molecular flexibility index (Phi) is 11.1. The van der Waals surface area contributed by atoms with Gasteiger partial charge in [-0.3, -0.25) is 0 Å². The van der Waals surface area contributed by atoms with Gasteiger partial charge in [-0.2, -0.15) is 0 Å². The van der Waals surface area contributed by atoms with Crippen molar-refractivity contribution in [3.63, 3.8) is 0 Å². The summed E-state index contributed by atoms with van der Waals surface area (Å²) in [5.74, 6) is 0. The van der Waals surface area contributed by atoms with Gasteiger partial charge in [0.05, 0.1) is 0 Å². The van der Waals surface area contributed by atoms with E-state index in [1.54, 1.807) is 11.3 Å². The summed E-state index contributed by atoms with van der Waals surface area (Å²) in [6.45, 7) is 4.22. The third-order valence-corrected chi connectivity index (χ3v) is 15.0. The van der Waals surface area contributed by atoms with E-state index >= 15 is 0 Å². The van der Waals surface area contributed by atoms with E-state index in [1.165, 1.54) is 54.1 Å². The summed E-state index contributed by atoms with van der Waals surface area (Å²) in [5, 5.41) is 5.23. The minimum absolute atomic E-state index is 1.00. The van der Waals surface area contributed by atoms with Gasteiger partial charge in [0, 0.05) is 0 Å². The van der Waals surface area contributed by atoms with Crippen LogP contribution < -0.4 is 15.9 Å². The standard InChI is InChI=1S/C43H38NPS.Os/c1-4-16-41-28-30-43(46-41)42-29-26-34(32-44-42)25-27-36(31-37-18-15-17-35(37)5-2)33(3)45(38-19-9-6-10-20-38,39-21-11-7-12-22-39)40-23-13-8-14-24-40;/h4-14,16,19-32H,15,17-18H2,1-2H3;/q+1;/b16-4+,27-25+,35-5?,36-33?,37-31?;. The van der Waals surface area contributed by atoms with E-state index in [1.807, 2.05) is 24.1 Å². The first-order valence-corrected chi connectivity index (χ1v) is 19.9. The van der Waals surface area contributed by atoms with Crippen LogP contribution >= 0.6 is 18.6 Å². The van der Waals surface area contributed by atoms with Gasteiger partial charge < -0.3 is 0 Å². The van der Waals surface area contributed by atoms with Crippen LogP contribution in [-0.2, 0) is 17.9 Å². The molecule has 5 aromatic rings. The molecular formula is C43H38NOsPS+. The van der Waals surface area contributed by atoms with Crippen LogP contribution in [0.3, 0.4) is 0 Å². The van der Waals surface area contributed by atoms with Crippen LogP contribution in [0.4, 0.5) is 0 Å². The molecule has 0 radical (unpaired) electrons. The van der Waals surface area contributed by atoms with Crippen LogP contribution in [0.5, 0.6) is 0 Å². The molecule has 233 valence electrons. The van der Waals surface area contributed by atoms with Crippen LogP contribution in [0, 0.1) is 4.37 Å². The van der Waals surface area contributed by atoms with Gasteiger partial charge in [0.1, 0.15) is 0 Å². The average Bonchev–Trinajstić information content (AvgIpc) is 3.80. The van der Waals surface area contributed by atoms with Crippen LogP contribution in [0.15, 0.2) is 168 Å². The first-order chi connectivity index (χ1) is 23.2. The molecule has 0 N–H and O–H groups in total. The molecule has 1 aliphatic carbocycles. The van der Waals surface area contributed by atoms with E-state index < -0.39 is 7.26 Å². The van der Waals surface area contributed by atoms with Crippen molar-refractivity contribution in [3.8, 4) is 14.9 Å². The van der Waals surface area contributed by atoms with E-state index in [9.17, 15) is 0 Å². The summed E-state index contributed by atoms with van der Waals surface area (Å²) < 4.78 is 3.85. The Labute approximate surface area is 294 Å². The van der Waals surface area contributed by atoms with Crippen LogP contribution in [-0.4, -0.2) is 4.98 Å². The summed E-state index contributed by atoms with van der Waals surface area (Å²) in [6, 6.07) is 41.9. The molecule has 1 saturated carbocycles. The molecule has 2 aromatic heterocycles. The minimum atomic E-state index is -2.34.